The van der Waals surface area contributed by atoms with Crippen molar-refractivity contribution in [3.8, 4) is 0 Å². The number of furan rings is 1. The summed E-state index contributed by atoms with van der Waals surface area (Å²) in [5.74, 6) is 1.66. The van der Waals surface area contributed by atoms with Gasteiger partial charge in [-0.05, 0) is 32.6 Å². The molecule has 1 aliphatic heterocycles. The molecular formula is C12H17NO2S. The maximum atomic E-state index is 12.2. The molecule has 0 bridgehead atoms. The van der Waals surface area contributed by atoms with Gasteiger partial charge in [0, 0.05) is 18.3 Å². The SMILES string of the molecule is CS[C@H]1CCN(C(=O)c2cc(C)oc2C)C1. The Bertz CT molecular complexity index is 400. The molecule has 1 aromatic heterocycles. The first-order chi connectivity index (χ1) is 7.61. The molecule has 0 spiro atoms. The van der Waals surface area contributed by atoms with Gasteiger partial charge in [0.2, 0.25) is 0 Å². The first-order valence-electron chi connectivity index (χ1n) is 5.51. The summed E-state index contributed by atoms with van der Waals surface area (Å²) in [6.45, 7) is 5.46. The standard InChI is InChI=1S/C12H17NO2S/c1-8-6-11(9(2)15-8)12(14)13-5-4-10(7-13)16-3/h6,10H,4-5,7H2,1-3H3/t10-/m0/s1. The highest BCUT2D eigenvalue weighted by atomic mass is 32.2. The summed E-state index contributed by atoms with van der Waals surface area (Å²) < 4.78 is 5.40. The highest BCUT2D eigenvalue weighted by molar-refractivity contribution is 7.99. The molecular weight excluding hydrogens is 222 g/mol. The third-order valence-corrected chi connectivity index (χ3v) is 4.09. The maximum Gasteiger partial charge on any atom is 0.257 e. The second-order valence-corrected chi connectivity index (χ2v) is 5.36. The van der Waals surface area contributed by atoms with Crippen LogP contribution < -0.4 is 0 Å². The quantitative estimate of drug-likeness (QED) is 0.795. The van der Waals surface area contributed by atoms with Crippen LogP contribution >= 0.6 is 11.8 Å². The fraction of sp³-hybridized carbons (Fsp3) is 0.583. The van der Waals surface area contributed by atoms with Crippen LogP contribution in [0.1, 0.15) is 28.3 Å². The van der Waals surface area contributed by atoms with Gasteiger partial charge in [0.05, 0.1) is 5.56 Å². The zero-order chi connectivity index (χ0) is 11.7. The molecule has 1 amide bonds. The molecule has 1 fully saturated rings. The van der Waals surface area contributed by atoms with Crippen molar-refractivity contribution in [2.24, 2.45) is 0 Å². The Morgan fingerprint density at radius 1 is 1.56 bits per heavy atom. The van der Waals surface area contributed by atoms with Crippen LogP contribution in [0.25, 0.3) is 0 Å². The predicted octanol–water partition coefficient (Wildman–Crippen LogP) is 2.47. The molecule has 1 saturated heterocycles. The van der Waals surface area contributed by atoms with E-state index in [-0.39, 0.29) is 5.91 Å². The van der Waals surface area contributed by atoms with Crippen LogP contribution in [0.15, 0.2) is 10.5 Å². The van der Waals surface area contributed by atoms with Crippen molar-refractivity contribution >= 4 is 17.7 Å². The number of amides is 1. The molecule has 0 aromatic carbocycles. The lowest BCUT2D eigenvalue weighted by Crippen LogP contribution is -2.29. The van der Waals surface area contributed by atoms with E-state index in [0.29, 0.717) is 5.25 Å². The second-order valence-electron chi connectivity index (χ2n) is 4.22. The largest absolute Gasteiger partial charge is 0.466 e. The molecule has 88 valence electrons. The summed E-state index contributed by atoms with van der Waals surface area (Å²) in [5, 5.41) is 0.595. The predicted molar refractivity (Wildman–Crippen MR) is 66.0 cm³/mol. The monoisotopic (exact) mass is 239 g/mol. The summed E-state index contributed by atoms with van der Waals surface area (Å²) in [6.07, 6.45) is 3.20. The second kappa shape index (κ2) is 4.53. The van der Waals surface area contributed by atoms with Crippen molar-refractivity contribution in [2.45, 2.75) is 25.5 Å². The number of aryl methyl sites for hydroxylation is 2. The minimum absolute atomic E-state index is 0.117. The highest BCUT2D eigenvalue weighted by Gasteiger charge is 2.28. The molecule has 2 rings (SSSR count). The van der Waals surface area contributed by atoms with E-state index in [4.69, 9.17) is 4.42 Å². The Morgan fingerprint density at radius 2 is 2.31 bits per heavy atom. The van der Waals surface area contributed by atoms with Crippen LogP contribution in [-0.4, -0.2) is 35.4 Å². The van der Waals surface area contributed by atoms with Crippen LogP contribution in [0, 0.1) is 13.8 Å². The van der Waals surface area contributed by atoms with E-state index >= 15 is 0 Å². The number of nitrogens with zero attached hydrogens (tertiary/aromatic N) is 1. The molecule has 0 unspecified atom stereocenters. The van der Waals surface area contributed by atoms with Gasteiger partial charge in [-0.1, -0.05) is 0 Å². The fourth-order valence-corrected chi connectivity index (χ4v) is 2.79. The minimum Gasteiger partial charge on any atom is -0.466 e. The van der Waals surface area contributed by atoms with E-state index < -0.39 is 0 Å². The average molecular weight is 239 g/mol. The number of likely N-dealkylation sites (tertiary alicyclic amines) is 1. The van der Waals surface area contributed by atoms with Crippen LogP contribution in [0.2, 0.25) is 0 Å². The van der Waals surface area contributed by atoms with Crippen LogP contribution in [0.3, 0.4) is 0 Å². The van der Waals surface area contributed by atoms with Crippen molar-refractivity contribution in [3.05, 3.63) is 23.2 Å². The lowest BCUT2D eigenvalue weighted by molar-refractivity contribution is 0.0791. The summed E-state index contributed by atoms with van der Waals surface area (Å²) in [7, 11) is 0. The number of hydrogen-bond acceptors (Lipinski definition) is 3. The van der Waals surface area contributed by atoms with Gasteiger partial charge in [-0.25, -0.2) is 0 Å². The molecule has 16 heavy (non-hydrogen) atoms. The first-order valence-corrected chi connectivity index (χ1v) is 6.79. The first kappa shape index (κ1) is 11.6. The van der Waals surface area contributed by atoms with Crippen molar-refractivity contribution in [1.82, 2.24) is 4.90 Å². The Kier molecular flexibility index (Phi) is 3.28. The topological polar surface area (TPSA) is 33.5 Å². The molecule has 0 radical (unpaired) electrons. The normalized spacial score (nSPS) is 20.4. The Morgan fingerprint density at radius 3 is 2.81 bits per heavy atom. The highest BCUT2D eigenvalue weighted by Crippen LogP contribution is 2.23. The van der Waals surface area contributed by atoms with E-state index in [1.165, 1.54) is 0 Å². The van der Waals surface area contributed by atoms with Crippen molar-refractivity contribution < 1.29 is 9.21 Å². The Labute approximate surface area is 100 Å². The Balaban J connectivity index is 2.11. The lowest BCUT2D eigenvalue weighted by Gasteiger charge is -2.15. The van der Waals surface area contributed by atoms with Crippen LogP contribution in [0.5, 0.6) is 0 Å². The van der Waals surface area contributed by atoms with E-state index in [1.54, 1.807) is 0 Å². The average Bonchev–Trinajstić information content (AvgIpc) is 2.84. The molecule has 1 atom stereocenters. The van der Waals surface area contributed by atoms with Gasteiger partial charge in [0.25, 0.3) is 5.91 Å². The molecule has 3 nitrogen and oxygen atoms in total. The molecule has 4 heteroatoms. The number of carbonyl (C=O) groups excluding carboxylic acids is 1. The smallest absolute Gasteiger partial charge is 0.257 e. The maximum absolute atomic E-state index is 12.2. The summed E-state index contributed by atoms with van der Waals surface area (Å²) in [6, 6.07) is 1.84. The number of rotatable bonds is 2. The lowest BCUT2D eigenvalue weighted by atomic mass is 10.2. The van der Waals surface area contributed by atoms with Gasteiger partial charge in [0.1, 0.15) is 11.5 Å². The minimum atomic E-state index is 0.117. The van der Waals surface area contributed by atoms with Gasteiger partial charge in [-0.3, -0.25) is 4.79 Å². The molecule has 1 aromatic rings. The van der Waals surface area contributed by atoms with E-state index in [0.717, 1.165) is 36.6 Å². The molecule has 1 aliphatic rings. The Hall–Kier alpha value is -0.900. The van der Waals surface area contributed by atoms with Gasteiger partial charge in [0.15, 0.2) is 0 Å². The van der Waals surface area contributed by atoms with E-state index in [2.05, 4.69) is 6.26 Å². The third kappa shape index (κ3) is 2.12. The number of thioether (sulfide) groups is 1. The number of carbonyl (C=O) groups is 1. The van der Waals surface area contributed by atoms with Crippen LogP contribution in [-0.2, 0) is 0 Å². The summed E-state index contributed by atoms with van der Waals surface area (Å²) >= 11 is 1.84. The third-order valence-electron chi connectivity index (χ3n) is 3.04. The van der Waals surface area contributed by atoms with Crippen molar-refractivity contribution in [2.75, 3.05) is 19.3 Å². The zero-order valence-corrected chi connectivity index (χ0v) is 10.8. The van der Waals surface area contributed by atoms with E-state index in [9.17, 15) is 4.79 Å². The van der Waals surface area contributed by atoms with Gasteiger partial charge in [-0.15, -0.1) is 0 Å². The van der Waals surface area contributed by atoms with Crippen molar-refractivity contribution in [1.29, 1.82) is 0 Å². The van der Waals surface area contributed by atoms with E-state index in [1.807, 2.05) is 36.6 Å². The van der Waals surface area contributed by atoms with Crippen molar-refractivity contribution in [3.63, 3.8) is 0 Å². The number of hydrogen-bond donors (Lipinski definition) is 0. The molecule has 0 saturated carbocycles. The summed E-state index contributed by atoms with van der Waals surface area (Å²) in [4.78, 5) is 14.1. The van der Waals surface area contributed by atoms with Crippen LogP contribution in [0.4, 0.5) is 0 Å². The van der Waals surface area contributed by atoms with Gasteiger partial charge < -0.3 is 9.32 Å². The molecule has 2 heterocycles. The molecule has 0 N–H and O–H groups in total. The zero-order valence-electron chi connectivity index (χ0n) is 9.95. The van der Waals surface area contributed by atoms with Gasteiger partial charge >= 0.3 is 0 Å². The fourth-order valence-electron chi connectivity index (χ4n) is 2.12. The van der Waals surface area contributed by atoms with Gasteiger partial charge in [-0.2, -0.15) is 11.8 Å². The molecule has 0 aliphatic carbocycles. The summed E-state index contributed by atoms with van der Waals surface area (Å²) in [5.41, 5.74) is 0.722.